The predicted octanol–water partition coefficient (Wildman–Crippen LogP) is 1.40. The fourth-order valence-corrected chi connectivity index (χ4v) is 2.47. The van der Waals surface area contributed by atoms with Crippen LogP contribution in [0.1, 0.15) is 13.8 Å². The minimum Gasteiger partial charge on any atom is -0.482 e. The summed E-state index contributed by atoms with van der Waals surface area (Å²) in [5.74, 6) is 0.659. The lowest BCUT2D eigenvalue weighted by Crippen LogP contribution is -2.47. The SMILES string of the molecule is CC1(C)Oc2c(N)ccc(N)c2SC1N. The summed E-state index contributed by atoms with van der Waals surface area (Å²) in [6.45, 7) is 3.88. The van der Waals surface area contributed by atoms with Gasteiger partial charge in [0.05, 0.1) is 16.0 Å². The van der Waals surface area contributed by atoms with Crippen LogP contribution in [-0.4, -0.2) is 11.0 Å². The van der Waals surface area contributed by atoms with Crippen molar-refractivity contribution in [2.75, 3.05) is 11.5 Å². The van der Waals surface area contributed by atoms with Crippen LogP contribution in [0, 0.1) is 0 Å². The molecule has 0 fully saturated rings. The van der Waals surface area contributed by atoms with Gasteiger partial charge in [-0.3, -0.25) is 0 Å². The quantitative estimate of drug-likeness (QED) is 0.581. The number of ether oxygens (including phenoxy) is 1. The molecule has 0 saturated carbocycles. The van der Waals surface area contributed by atoms with Crippen LogP contribution in [0.4, 0.5) is 11.4 Å². The normalized spacial score (nSPS) is 23.0. The number of hydrogen-bond donors (Lipinski definition) is 3. The van der Waals surface area contributed by atoms with Crippen LogP contribution in [-0.2, 0) is 0 Å². The van der Waals surface area contributed by atoms with Gasteiger partial charge in [0.15, 0.2) is 5.75 Å². The van der Waals surface area contributed by atoms with Gasteiger partial charge in [0.2, 0.25) is 0 Å². The molecule has 1 unspecified atom stereocenters. The number of nitrogen functional groups attached to an aromatic ring is 2. The van der Waals surface area contributed by atoms with Gasteiger partial charge in [-0.2, -0.15) is 0 Å². The van der Waals surface area contributed by atoms with Crippen molar-refractivity contribution in [1.29, 1.82) is 0 Å². The highest BCUT2D eigenvalue weighted by molar-refractivity contribution is 8.00. The van der Waals surface area contributed by atoms with Crippen LogP contribution in [0.5, 0.6) is 5.75 Å². The highest BCUT2D eigenvalue weighted by Crippen LogP contribution is 2.47. The molecule has 1 aromatic rings. The largest absolute Gasteiger partial charge is 0.482 e. The van der Waals surface area contributed by atoms with Gasteiger partial charge in [0.1, 0.15) is 5.60 Å². The van der Waals surface area contributed by atoms with E-state index in [1.54, 1.807) is 12.1 Å². The fourth-order valence-electron chi connectivity index (χ4n) is 1.41. The molecule has 0 aromatic heterocycles. The zero-order valence-electron chi connectivity index (χ0n) is 8.78. The van der Waals surface area contributed by atoms with Crippen LogP contribution < -0.4 is 21.9 Å². The molecular formula is C10H15N3OS. The van der Waals surface area contributed by atoms with Crippen LogP contribution in [0.3, 0.4) is 0 Å². The monoisotopic (exact) mass is 225 g/mol. The second-order valence-corrected chi connectivity index (χ2v) is 5.30. The maximum Gasteiger partial charge on any atom is 0.158 e. The number of rotatable bonds is 0. The lowest BCUT2D eigenvalue weighted by atomic mass is 10.1. The summed E-state index contributed by atoms with van der Waals surface area (Å²) in [6, 6.07) is 3.53. The van der Waals surface area contributed by atoms with E-state index in [4.69, 9.17) is 21.9 Å². The lowest BCUT2D eigenvalue weighted by molar-refractivity contribution is 0.1000. The van der Waals surface area contributed by atoms with E-state index in [0.29, 0.717) is 17.1 Å². The third-order valence-electron chi connectivity index (χ3n) is 2.47. The van der Waals surface area contributed by atoms with Gasteiger partial charge in [-0.25, -0.2) is 0 Å². The molecule has 0 amide bonds. The van der Waals surface area contributed by atoms with E-state index in [1.165, 1.54) is 11.8 Å². The Morgan fingerprint density at radius 3 is 2.53 bits per heavy atom. The number of hydrogen-bond acceptors (Lipinski definition) is 5. The lowest BCUT2D eigenvalue weighted by Gasteiger charge is -2.38. The molecule has 2 rings (SSSR count). The summed E-state index contributed by atoms with van der Waals surface area (Å²) < 4.78 is 5.79. The number of nitrogens with two attached hydrogens (primary N) is 3. The van der Waals surface area contributed by atoms with Gasteiger partial charge in [-0.1, -0.05) is 11.8 Å². The third-order valence-corrected chi connectivity index (χ3v) is 3.95. The zero-order valence-corrected chi connectivity index (χ0v) is 9.60. The first-order valence-electron chi connectivity index (χ1n) is 4.71. The third kappa shape index (κ3) is 1.61. The smallest absolute Gasteiger partial charge is 0.158 e. The Hall–Kier alpha value is -1.07. The van der Waals surface area contributed by atoms with Crippen molar-refractivity contribution in [3.05, 3.63) is 12.1 Å². The van der Waals surface area contributed by atoms with Crippen LogP contribution >= 0.6 is 11.8 Å². The standard InChI is InChI=1S/C10H15N3OS/c1-10(2)9(13)15-8-6(12)4-3-5(11)7(8)14-10/h3-4,9H,11-13H2,1-2H3. The molecule has 1 heterocycles. The van der Waals surface area contributed by atoms with Crippen molar-refractivity contribution in [3.8, 4) is 5.75 Å². The summed E-state index contributed by atoms with van der Waals surface area (Å²) in [7, 11) is 0. The number of benzene rings is 1. The maximum absolute atomic E-state index is 5.99. The molecule has 0 aliphatic carbocycles. The molecule has 5 heteroatoms. The second-order valence-electron chi connectivity index (χ2n) is 4.15. The molecule has 82 valence electrons. The number of fused-ring (bicyclic) bond motifs is 1. The molecule has 1 aliphatic rings. The summed E-state index contributed by atoms with van der Waals surface area (Å²) in [5.41, 5.74) is 18.5. The molecule has 0 saturated heterocycles. The number of anilines is 2. The van der Waals surface area contributed by atoms with Crippen LogP contribution in [0.15, 0.2) is 17.0 Å². The molecular weight excluding hydrogens is 210 g/mol. The Labute approximate surface area is 93.1 Å². The fraction of sp³-hybridized carbons (Fsp3) is 0.400. The molecule has 1 atom stereocenters. The van der Waals surface area contributed by atoms with E-state index in [2.05, 4.69) is 0 Å². The van der Waals surface area contributed by atoms with E-state index < -0.39 is 5.60 Å². The maximum atomic E-state index is 5.99. The summed E-state index contributed by atoms with van der Waals surface area (Å²) in [5, 5.41) is -0.144. The van der Waals surface area contributed by atoms with Gasteiger partial charge >= 0.3 is 0 Å². The summed E-state index contributed by atoms with van der Waals surface area (Å²) >= 11 is 1.51. The van der Waals surface area contributed by atoms with Gasteiger partial charge in [0, 0.05) is 5.69 Å². The first kappa shape index (κ1) is 10.4. The van der Waals surface area contributed by atoms with E-state index in [0.717, 1.165) is 4.90 Å². The Morgan fingerprint density at radius 2 is 1.87 bits per heavy atom. The van der Waals surface area contributed by atoms with Gasteiger partial charge < -0.3 is 21.9 Å². The van der Waals surface area contributed by atoms with Crippen molar-refractivity contribution in [2.24, 2.45) is 5.73 Å². The molecule has 15 heavy (non-hydrogen) atoms. The molecule has 1 aliphatic heterocycles. The summed E-state index contributed by atoms with van der Waals surface area (Å²) in [6.07, 6.45) is 0. The molecule has 0 spiro atoms. The highest BCUT2D eigenvalue weighted by atomic mass is 32.2. The van der Waals surface area contributed by atoms with E-state index >= 15 is 0 Å². The van der Waals surface area contributed by atoms with E-state index in [1.807, 2.05) is 13.8 Å². The second kappa shape index (κ2) is 3.21. The topological polar surface area (TPSA) is 87.3 Å². The van der Waals surface area contributed by atoms with Crippen LogP contribution in [0.25, 0.3) is 0 Å². The average molecular weight is 225 g/mol. The van der Waals surface area contributed by atoms with E-state index in [9.17, 15) is 0 Å². The van der Waals surface area contributed by atoms with Crippen molar-refractivity contribution < 1.29 is 4.74 Å². The highest BCUT2D eigenvalue weighted by Gasteiger charge is 2.37. The summed E-state index contributed by atoms with van der Waals surface area (Å²) in [4.78, 5) is 0.849. The molecule has 0 radical (unpaired) electrons. The minimum absolute atomic E-state index is 0.144. The first-order valence-corrected chi connectivity index (χ1v) is 5.59. The Balaban J connectivity index is 2.54. The van der Waals surface area contributed by atoms with Gasteiger partial charge in [-0.05, 0) is 26.0 Å². The Kier molecular flexibility index (Phi) is 2.24. The van der Waals surface area contributed by atoms with Crippen molar-refractivity contribution >= 4 is 23.1 Å². The van der Waals surface area contributed by atoms with Crippen molar-refractivity contribution in [3.63, 3.8) is 0 Å². The Bertz CT molecular complexity index is 406. The predicted molar refractivity (Wildman–Crippen MR) is 63.8 cm³/mol. The Morgan fingerprint density at radius 1 is 1.27 bits per heavy atom. The molecule has 4 nitrogen and oxygen atoms in total. The first-order chi connectivity index (χ1) is 6.92. The van der Waals surface area contributed by atoms with Crippen LogP contribution in [0.2, 0.25) is 0 Å². The van der Waals surface area contributed by atoms with Crippen molar-refractivity contribution in [1.82, 2.24) is 0 Å². The van der Waals surface area contributed by atoms with Gasteiger partial charge in [-0.15, -0.1) is 0 Å². The van der Waals surface area contributed by atoms with Gasteiger partial charge in [0.25, 0.3) is 0 Å². The zero-order chi connectivity index (χ0) is 11.2. The average Bonchev–Trinajstić information content (AvgIpc) is 2.15. The van der Waals surface area contributed by atoms with Crippen molar-refractivity contribution in [2.45, 2.75) is 29.7 Å². The molecule has 6 N–H and O–H groups in total. The molecule has 0 bridgehead atoms. The minimum atomic E-state index is -0.431. The van der Waals surface area contributed by atoms with E-state index in [-0.39, 0.29) is 5.37 Å². The number of thioether (sulfide) groups is 1. The molecule has 1 aromatic carbocycles.